The van der Waals surface area contributed by atoms with Crippen LogP contribution in [0.4, 0.5) is 11.4 Å². The quantitative estimate of drug-likeness (QED) is 0.111. The van der Waals surface area contributed by atoms with E-state index >= 15 is 0 Å². The summed E-state index contributed by atoms with van der Waals surface area (Å²) < 4.78 is 0. The standard InChI is InChI=1S/C44H40N6O8/c51-19-15-47(16-20-52)37-9-7-33-39-29(37)3-1-5-31(39)41(55)49(43(33)57)25-27-11-13-45-35(23-27)36-24-28(12-14-46-36)26-50-42(56)32-6-2-4-30-38(48(17-21-53)18-22-54)10-8-34(40(30)32)44(50)58/h1-14,23-24,51-54H,15-22,25-26H2. The maximum atomic E-state index is 13.9. The van der Waals surface area contributed by atoms with Gasteiger partial charge in [0.25, 0.3) is 23.6 Å². The fourth-order valence-electron chi connectivity index (χ4n) is 8.08. The number of nitrogens with zero attached hydrogens (tertiary/aromatic N) is 6. The Labute approximate surface area is 332 Å². The van der Waals surface area contributed by atoms with Crippen molar-refractivity contribution in [3.05, 3.63) is 131 Å². The minimum absolute atomic E-state index is 0.0349. The van der Waals surface area contributed by atoms with Crippen LogP contribution in [0.25, 0.3) is 32.9 Å². The first-order chi connectivity index (χ1) is 28.3. The van der Waals surface area contributed by atoms with Crippen LogP contribution < -0.4 is 9.80 Å². The van der Waals surface area contributed by atoms with Gasteiger partial charge in [0, 0.05) is 93.7 Å². The molecule has 0 saturated carbocycles. The van der Waals surface area contributed by atoms with E-state index < -0.39 is 23.6 Å². The molecule has 0 fully saturated rings. The van der Waals surface area contributed by atoms with Crippen molar-refractivity contribution in [3.8, 4) is 11.4 Å². The van der Waals surface area contributed by atoms with Crippen molar-refractivity contribution in [2.75, 3.05) is 62.4 Å². The molecule has 0 aliphatic carbocycles. The van der Waals surface area contributed by atoms with E-state index in [1.165, 1.54) is 9.80 Å². The number of rotatable bonds is 15. The zero-order chi connectivity index (χ0) is 40.5. The zero-order valence-electron chi connectivity index (χ0n) is 31.4. The summed E-state index contributed by atoms with van der Waals surface area (Å²) in [6, 6.07) is 24.4. The number of carbonyl (C=O) groups excluding carboxylic acids is 4. The first-order valence-corrected chi connectivity index (χ1v) is 18.9. The number of anilines is 2. The van der Waals surface area contributed by atoms with Gasteiger partial charge in [0.1, 0.15) is 0 Å². The predicted molar refractivity (Wildman–Crippen MR) is 217 cm³/mol. The molecule has 4 aromatic carbocycles. The average molecular weight is 781 g/mol. The third-order valence-corrected chi connectivity index (χ3v) is 10.7. The molecule has 4 amide bonds. The Morgan fingerprint density at radius 1 is 0.466 bits per heavy atom. The molecule has 58 heavy (non-hydrogen) atoms. The molecular weight excluding hydrogens is 741 g/mol. The van der Waals surface area contributed by atoms with Crippen molar-refractivity contribution in [1.82, 2.24) is 19.8 Å². The van der Waals surface area contributed by atoms with Crippen molar-refractivity contribution in [2.45, 2.75) is 13.1 Å². The Balaban J connectivity index is 1.04. The molecule has 8 rings (SSSR count). The largest absolute Gasteiger partial charge is 0.395 e. The molecule has 2 aliphatic rings. The highest BCUT2D eigenvalue weighted by Gasteiger charge is 2.35. The van der Waals surface area contributed by atoms with Gasteiger partial charge in [-0.15, -0.1) is 0 Å². The van der Waals surface area contributed by atoms with Crippen molar-refractivity contribution < 1.29 is 39.6 Å². The minimum atomic E-state index is -0.452. The summed E-state index contributed by atoms with van der Waals surface area (Å²) in [6.07, 6.45) is 3.14. The normalized spacial score (nSPS) is 13.6. The summed E-state index contributed by atoms with van der Waals surface area (Å²) in [5.41, 5.74) is 5.09. The molecule has 2 aliphatic heterocycles. The van der Waals surface area contributed by atoms with E-state index in [0.717, 1.165) is 0 Å². The second kappa shape index (κ2) is 16.1. The molecule has 294 valence electrons. The van der Waals surface area contributed by atoms with Gasteiger partial charge in [0.05, 0.1) is 50.9 Å². The number of aliphatic hydroxyl groups is 4. The molecule has 0 spiro atoms. The van der Waals surface area contributed by atoms with Crippen molar-refractivity contribution in [3.63, 3.8) is 0 Å². The summed E-state index contributed by atoms with van der Waals surface area (Å²) in [5.74, 6) is -1.81. The van der Waals surface area contributed by atoms with E-state index in [-0.39, 0.29) is 65.7 Å². The van der Waals surface area contributed by atoms with Crippen molar-refractivity contribution >= 4 is 56.5 Å². The van der Waals surface area contributed by atoms with Gasteiger partial charge in [-0.25, -0.2) is 0 Å². The van der Waals surface area contributed by atoms with E-state index in [4.69, 9.17) is 0 Å². The van der Waals surface area contributed by atoms with E-state index in [2.05, 4.69) is 9.97 Å². The maximum Gasteiger partial charge on any atom is 0.261 e. The Bertz CT molecular complexity index is 2380. The third kappa shape index (κ3) is 6.71. The Hall–Kier alpha value is -6.58. The summed E-state index contributed by atoms with van der Waals surface area (Å²) in [7, 11) is 0. The van der Waals surface area contributed by atoms with Crippen LogP contribution in [0.15, 0.2) is 97.3 Å². The number of aliphatic hydroxyl groups excluding tert-OH is 4. The third-order valence-electron chi connectivity index (χ3n) is 10.7. The molecule has 0 radical (unpaired) electrons. The number of aromatic nitrogens is 2. The fraction of sp³-hybridized carbons (Fsp3) is 0.227. The lowest BCUT2D eigenvalue weighted by molar-refractivity contribution is 0.0583. The van der Waals surface area contributed by atoms with Gasteiger partial charge in [0.2, 0.25) is 0 Å². The van der Waals surface area contributed by atoms with Gasteiger partial charge in [-0.05, 0) is 71.8 Å². The Morgan fingerprint density at radius 2 is 0.828 bits per heavy atom. The molecule has 4 N–H and O–H groups in total. The second-order valence-electron chi connectivity index (χ2n) is 14.1. The molecule has 0 unspecified atom stereocenters. The molecule has 14 heteroatoms. The maximum absolute atomic E-state index is 13.9. The van der Waals surface area contributed by atoms with Crippen LogP contribution in [0.1, 0.15) is 52.6 Å². The monoisotopic (exact) mass is 780 g/mol. The molecule has 0 bridgehead atoms. The predicted octanol–water partition coefficient (Wildman–Crippen LogP) is 3.62. The minimum Gasteiger partial charge on any atom is -0.395 e. The van der Waals surface area contributed by atoms with Gasteiger partial charge in [-0.3, -0.25) is 38.9 Å². The van der Waals surface area contributed by atoms with Crippen molar-refractivity contribution in [2.24, 2.45) is 0 Å². The van der Waals surface area contributed by atoms with Crippen LogP contribution >= 0.6 is 0 Å². The van der Waals surface area contributed by atoms with Crippen LogP contribution in [0.3, 0.4) is 0 Å². The first-order valence-electron chi connectivity index (χ1n) is 18.9. The van der Waals surface area contributed by atoms with Crippen LogP contribution in [-0.4, -0.2) is 116 Å². The summed E-state index contributed by atoms with van der Waals surface area (Å²) in [4.78, 5) is 70.8. The fourth-order valence-corrected chi connectivity index (χ4v) is 8.08. The lowest BCUT2D eigenvalue weighted by Gasteiger charge is -2.30. The van der Waals surface area contributed by atoms with Gasteiger partial charge in [-0.1, -0.05) is 24.3 Å². The highest BCUT2D eigenvalue weighted by atomic mass is 16.3. The SMILES string of the molecule is O=C1c2cccc3c(N(CCO)CCO)ccc(c23)C(=O)N1Cc1ccnc(-c2cc(CN3C(=O)c4cccc5c(N(CCO)CCO)ccc(c45)C3=O)ccn2)c1. The molecule has 4 heterocycles. The number of hydrogen-bond acceptors (Lipinski definition) is 12. The lowest BCUT2D eigenvalue weighted by atomic mass is 9.92. The van der Waals surface area contributed by atoms with Crippen LogP contribution in [0.5, 0.6) is 0 Å². The number of pyridine rings is 2. The van der Waals surface area contributed by atoms with E-state index in [9.17, 15) is 39.6 Å². The van der Waals surface area contributed by atoms with Gasteiger partial charge < -0.3 is 30.2 Å². The van der Waals surface area contributed by atoms with Crippen LogP contribution in [-0.2, 0) is 13.1 Å². The summed E-state index contributed by atoms with van der Waals surface area (Å²) >= 11 is 0. The number of benzene rings is 4. The van der Waals surface area contributed by atoms with Crippen LogP contribution in [0.2, 0.25) is 0 Å². The lowest BCUT2D eigenvalue weighted by Crippen LogP contribution is -2.40. The number of carbonyl (C=O) groups is 4. The topological polar surface area (TPSA) is 188 Å². The molecule has 0 atom stereocenters. The molecule has 0 saturated heterocycles. The smallest absolute Gasteiger partial charge is 0.261 e. The summed E-state index contributed by atoms with van der Waals surface area (Å²) in [6.45, 7) is 0.498. The zero-order valence-corrected chi connectivity index (χ0v) is 31.4. The van der Waals surface area contributed by atoms with E-state index in [0.29, 0.717) is 77.7 Å². The Morgan fingerprint density at radius 3 is 1.19 bits per heavy atom. The average Bonchev–Trinajstić information content (AvgIpc) is 3.24. The molecule has 14 nitrogen and oxygen atoms in total. The van der Waals surface area contributed by atoms with Gasteiger partial charge in [-0.2, -0.15) is 0 Å². The number of hydrogen-bond donors (Lipinski definition) is 4. The number of amides is 4. The van der Waals surface area contributed by atoms with E-state index in [1.54, 1.807) is 85.2 Å². The van der Waals surface area contributed by atoms with Gasteiger partial charge in [0.15, 0.2) is 0 Å². The molecular formula is C44H40N6O8. The van der Waals surface area contributed by atoms with Gasteiger partial charge >= 0.3 is 0 Å². The summed E-state index contributed by atoms with van der Waals surface area (Å²) in [5, 5.41) is 40.9. The first kappa shape index (κ1) is 38.3. The molecule has 2 aromatic heterocycles. The van der Waals surface area contributed by atoms with Crippen LogP contribution in [0, 0.1) is 0 Å². The van der Waals surface area contributed by atoms with Crippen molar-refractivity contribution in [1.29, 1.82) is 0 Å². The Kier molecular flexibility index (Phi) is 10.6. The number of imide groups is 2. The second-order valence-corrected chi connectivity index (χ2v) is 14.1. The highest BCUT2D eigenvalue weighted by molar-refractivity contribution is 6.28. The molecule has 6 aromatic rings. The highest BCUT2D eigenvalue weighted by Crippen LogP contribution is 2.38. The van der Waals surface area contributed by atoms with E-state index in [1.807, 2.05) is 21.9 Å².